The highest BCUT2D eigenvalue weighted by molar-refractivity contribution is 6.36. The normalized spacial score (nSPS) is 18.9. The van der Waals surface area contributed by atoms with Crippen LogP contribution >= 0.6 is 11.6 Å². The summed E-state index contributed by atoms with van der Waals surface area (Å²) in [5.74, 6) is -16.6. The van der Waals surface area contributed by atoms with Crippen LogP contribution in [0.2, 0.25) is 5.02 Å². The summed E-state index contributed by atoms with van der Waals surface area (Å²) >= 11 is 6.38. The second-order valence-electron chi connectivity index (χ2n) is 8.98. The van der Waals surface area contributed by atoms with Gasteiger partial charge in [-0.25, -0.2) is 4.79 Å². The van der Waals surface area contributed by atoms with Crippen molar-refractivity contribution in [2.24, 2.45) is 0 Å². The number of hydrogen-bond donors (Lipinski definition) is 1. The molecule has 4 rings (SSSR count). The number of alkyl halides is 7. The number of aryl methyl sites for hydroxylation is 1. The Kier molecular flexibility index (Phi) is 6.41. The van der Waals surface area contributed by atoms with Gasteiger partial charge in [-0.15, -0.1) is 0 Å². The lowest BCUT2D eigenvalue weighted by atomic mass is 9.93. The van der Waals surface area contributed by atoms with E-state index in [1.165, 1.54) is 12.3 Å². The first-order chi connectivity index (χ1) is 17.0. The number of rotatable bonds is 4. The highest BCUT2D eigenvalue weighted by Crippen LogP contribution is 2.47. The van der Waals surface area contributed by atoms with E-state index >= 15 is 0 Å². The number of carboxylic acids is 1. The van der Waals surface area contributed by atoms with Crippen molar-refractivity contribution >= 4 is 40.1 Å². The van der Waals surface area contributed by atoms with Crippen molar-refractivity contribution in [1.29, 1.82) is 0 Å². The Morgan fingerprint density at radius 3 is 2.19 bits per heavy atom. The number of amides is 1. The highest BCUT2D eigenvalue weighted by atomic mass is 35.5. The quantitative estimate of drug-likeness (QED) is 0.566. The second kappa shape index (κ2) is 8.77. The number of aromatic carboxylic acids is 1. The molecule has 0 spiro atoms. The zero-order valence-corrected chi connectivity index (χ0v) is 19.8. The van der Waals surface area contributed by atoms with E-state index in [1.54, 1.807) is 9.47 Å². The minimum Gasteiger partial charge on any atom is -0.477 e. The van der Waals surface area contributed by atoms with Crippen LogP contribution in [0.15, 0.2) is 17.1 Å². The van der Waals surface area contributed by atoms with Crippen molar-refractivity contribution in [3.63, 3.8) is 0 Å². The van der Waals surface area contributed by atoms with Crippen LogP contribution in [-0.4, -0.2) is 70.7 Å². The molecule has 1 aromatic carbocycles. The molecule has 1 amide bonds. The van der Waals surface area contributed by atoms with E-state index in [0.717, 1.165) is 0 Å². The van der Waals surface area contributed by atoms with Gasteiger partial charge in [-0.05, 0) is 25.8 Å². The smallest absolute Gasteiger partial charge is 0.460 e. The highest BCUT2D eigenvalue weighted by Gasteiger charge is 2.76. The monoisotopic (exact) mass is 557 g/mol. The Hall–Kier alpha value is -3.03. The Bertz CT molecular complexity index is 1350. The molecular weight excluding hydrogens is 539 g/mol. The summed E-state index contributed by atoms with van der Waals surface area (Å²) in [7, 11) is 0. The number of pyridine rings is 1. The third-order valence-electron chi connectivity index (χ3n) is 6.78. The molecule has 2 aliphatic rings. The SMILES string of the molecule is CC1CCc2c(N3CCN(C(=O)C(F)(F)C(F)(F)C(F)(F)F)CC3)cc(Cl)c3c(=O)c(C(=O)O)cn1c23. The molecular formula is C22H19ClF7N3O4. The summed E-state index contributed by atoms with van der Waals surface area (Å²) in [4.78, 5) is 38.3. The van der Waals surface area contributed by atoms with Crippen molar-refractivity contribution in [2.75, 3.05) is 31.1 Å². The molecule has 1 N–H and O–H groups in total. The van der Waals surface area contributed by atoms with Gasteiger partial charge in [-0.2, -0.15) is 30.7 Å². The standard InChI is InChI=1S/C22H19ClF7N3O4/c1-10-2-3-11-14(8-13(23)15-16(11)33(10)9-12(17(15)34)18(35)36)31-4-6-32(7-5-31)19(37)20(24,25)21(26,27)22(28,29)30/h8-10H,2-7H2,1H3,(H,35,36). The first-order valence-electron chi connectivity index (χ1n) is 11.0. The summed E-state index contributed by atoms with van der Waals surface area (Å²) in [5.41, 5.74) is 0.214. The van der Waals surface area contributed by atoms with E-state index in [0.29, 0.717) is 29.6 Å². The van der Waals surface area contributed by atoms with Crippen LogP contribution in [0.5, 0.6) is 0 Å². The predicted molar refractivity (Wildman–Crippen MR) is 118 cm³/mol. The zero-order valence-electron chi connectivity index (χ0n) is 19.0. The lowest BCUT2D eigenvalue weighted by Gasteiger charge is -2.40. The van der Waals surface area contributed by atoms with E-state index in [4.69, 9.17) is 11.6 Å². The summed E-state index contributed by atoms with van der Waals surface area (Å²) in [6, 6.07) is 1.21. The molecule has 37 heavy (non-hydrogen) atoms. The number of carboxylic acid groups (broad SMARTS) is 1. The molecule has 2 aliphatic heterocycles. The summed E-state index contributed by atoms with van der Waals surface area (Å²) in [5, 5.41) is 9.36. The summed E-state index contributed by atoms with van der Waals surface area (Å²) in [6.45, 7) is 0.292. The third kappa shape index (κ3) is 4.09. The minimum absolute atomic E-state index is 0.00490. The van der Waals surface area contributed by atoms with Gasteiger partial charge < -0.3 is 19.5 Å². The van der Waals surface area contributed by atoms with Gasteiger partial charge in [0.2, 0.25) is 5.43 Å². The lowest BCUT2D eigenvalue weighted by molar-refractivity contribution is -0.346. The van der Waals surface area contributed by atoms with E-state index in [9.17, 15) is 50.2 Å². The van der Waals surface area contributed by atoms with Crippen molar-refractivity contribution < 1.29 is 45.4 Å². The number of carbonyl (C=O) groups is 2. The van der Waals surface area contributed by atoms with Crippen LogP contribution < -0.4 is 10.3 Å². The van der Waals surface area contributed by atoms with Gasteiger partial charge in [-0.1, -0.05) is 11.6 Å². The maximum absolute atomic E-state index is 13.9. The number of hydrogen-bond acceptors (Lipinski definition) is 4. The predicted octanol–water partition coefficient (Wildman–Crippen LogP) is 4.34. The van der Waals surface area contributed by atoms with Gasteiger partial charge in [0.25, 0.3) is 5.91 Å². The molecule has 0 saturated carbocycles. The fraction of sp³-hybridized carbons (Fsp3) is 0.500. The average Bonchev–Trinajstić information content (AvgIpc) is 2.81. The van der Waals surface area contributed by atoms with E-state index < -0.39 is 54.0 Å². The zero-order chi connectivity index (χ0) is 27.7. The van der Waals surface area contributed by atoms with Crippen molar-refractivity contribution in [1.82, 2.24) is 9.47 Å². The summed E-state index contributed by atoms with van der Waals surface area (Å²) < 4.78 is 93.5. The number of benzene rings is 1. The molecule has 1 unspecified atom stereocenters. The van der Waals surface area contributed by atoms with E-state index in [-0.39, 0.29) is 34.4 Å². The molecule has 1 aromatic heterocycles. The number of anilines is 1. The molecule has 0 radical (unpaired) electrons. The Balaban J connectivity index is 1.67. The number of piperazine rings is 1. The van der Waals surface area contributed by atoms with Crippen LogP contribution in [0.3, 0.4) is 0 Å². The topological polar surface area (TPSA) is 82.8 Å². The Morgan fingerprint density at radius 2 is 1.65 bits per heavy atom. The molecule has 1 saturated heterocycles. The molecule has 202 valence electrons. The minimum atomic E-state index is -6.62. The van der Waals surface area contributed by atoms with Crippen LogP contribution in [0.1, 0.15) is 35.3 Å². The molecule has 3 heterocycles. The van der Waals surface area contributed by atoms with E-state index in [1.807, 2.05) is 6.92 Å². The van der Waals surface area contributed by atoms with E-state index in [2.05, 4.69) is 0 Å². The Labute approximate surface area is 209 Å². The second-order valence-corrected chi connectivity index (χ2v) is 9.38. The molecule has 0 bridgehead atoms. The van der Waals surface area contributed by atoms with Gasteiger partial charge in [0.15, 0.2) is 0 Å². The van der Waals surface area contributed by atoms with Crippen LogP contribution in [0.4, 0.5) is 36.4 Å². The van der Waals surface area contributed by atoms with Gasteiger partial charge >= 0.3 is 24.0 Å². The van der Waals surface area contributed by atoms with Crippen LogP contribution in [-0.2, 0) is 11.2 Å². The number of halogens is 8. The summed E-state index contributed by atoms with van der Waals surface area (Å²) in [6.07, 6.45) is -4.41. The van der Waals surface area contributed by atoms with Crippen LogP contribution in [0.25, 0.3) is 10.9 Å². The van der Waals surface area contributed by atoms with Crippen molar-refractivity contribution in [3.05, 3.63) is 38.6 Å². The fourth-order valence-corrected chi connectivity index (χ4v) is 5.02. The average molecular weight is 558 g/mol. The fourth-order valence-electron chi connectivity index (χ4n) is 4.74. The van der Waals surface area contributed by atoms with Crippen molar-refractivity contribution in [3.8, 4) is 0 Å². The lowest BCUT2D eigenvalue weighted by Crippen LogP contribution is -2.62. The molecule has 2 aromatic rings. The Morgan fingerprint density at radius 1 is 1.05 bits per heavy atom. The number of carbonyl (C=O) groups excluding carboxylic acids is 1. The molecule has 1 fully saturated rings. The molecule has 7 nitrogen and oxygen atoms in total. The van der Waals surface area contributed by atoms with Gasteiger partial charge in [0, 0.05) is 49.7 Å². The van der Waals surface area contributed by atoms with Gasteiger partial charge in [-0.3, -0.25) is 9.59 Å². The maximum Gasteiger partial charge on any atom is 0.460 e. The molecule has 15 heteroatoms. The van der Waals surface area contributed by atoms with Crippen LogP contribution in [0, 0.1) is 0 Å². The number of aromatic nitrogens is 1. The molecule has 0 aliphatic carbocycles. The van der Waals surface area contributed by atoms with Gasteiger partial charge in [0.1, 0.15) is 5.56 Å². The molecule has 1 atom stereocenters. The third-order valence-corrected chi connectivity index (χ3v) is 7.07. The van der Waals surface area contributed by atoms with Crippen molar-refractivity contribution in [2.45, 2.75) is 43.8 Å². The number of nitrogens with zero attached hydrogens (tertiary/aromatic N) is 3. The largest absolute Gasteiger partial charge is 0.477 e. The first kappa shape index (κ1) is 27.0. The maximum atomic E-state index is 13.9. The van der Waals surface area contributed by atoms with Gasteiger partial charge in [0.05, 0.1) is 15.9 Å². The first-order valence-corrected chi connectivity index (χ1v) is 11.4.